The van der Waals surface area contributed by atoms with Crippen LogP contribution < -0.4 is 5.32 Å². The minimum Gasteiger partial charge on any atom is -0.391 e. The van der Waals surface area contributed by atoms with Crippen LogP contribution >= 0.6 is 34.5 Å². The van der Waals surface area contributed by atoms with E-state index in [1.165, 1.54) is 23.7 Å². The molecular formula is C14H13Cl2N3O2S. The zero-order valence-corrected chi connectivity index (χ0v) is 14.0. The van der Waals surface area contributed by atoms with Crippen molar-refractivity contribution in [2.45, 2.75) is 13.0 Å². The summed E-state index contributed by atoms with van der Waals surface area (Å²) in [6.07, 6.45) is 3.09. The molecule has 0 atom stereocenters. The number of hydrogen-bond donors (Lipinski definition) is 1. The number of oxime groups is 1. The minimum atomic E-state index is -0.0675. The standard InChI is InChI=1S/C14H13Cl2N3O2S/c1-17-14-18-7-13(22-14)12(20)5-6-19-21-8-9-10(15)3-2-4-11(9)16/h2-4,6-7H,5,8H2,1H3,(H,17,18)/b19-6+. The van der Waals surface area contributed by atoms with Gasteiger partial charge in [0.2, 0.25) is 0 Å². The first-order valence-corrected chi connectivity index (χ1v) is 7.92. The Morgan fingerprint density at radius 2 is 2.18 bits per heavy atom. The molecule has 0 spiro atoms. The minimum absolute atomic E-state index is 0.0675. The van der Waals surface area contributed by atoms with E-state index in [1.807, 2.05) is 0 Å². The van der Waals surface area contributed by atoms with Gasteiger partial charge >= 0.3 is 0 Å². The highest BCUT2D eigenvalue weighted by molar-refractivity contribution is 7.17. The summed E-state index contributed by atoms with van der Waals surface area (Å²) in [4.78, 5) is 21.6. The fraction of sp³-hybridized carbons (Fsp3) is 0.214. The van der Waals surface area contributed by atoms with Crippen molar-refractivity contribution >= 4 is 51.7 Å². The molecule has 0 bridgehead atoms. The van der Waals surface area contributed by atoms with Gasteiger partial charge in [0, 0.05) is 22.7 Å². The topological polar surface area (TPSA) is 63.6 Å². The summed E-state index contributed by atoms with van der Waals surface area (Å²) < 4.78 is 0. The van der Waals surface area contributed by atoms with E-state index < -0.39 is 0 Å². The van der Waals surface area contributed by atoms with Gasteiger partial charge in [0.25, 0.3) is 0 Å². The quantitative estimate of drug-likeness (QED) is 0.456. The number of ketones is 1. The van der Waals surface area contributed by atoms with Crippen LogP contribution in [0, 0.1) is 0 Å². The molecule has 0 radical (unpaired) electrons. The van der Waals surface area contributed by atoms with Gasteiger partial charge in [0.05, 0.1) is 23.7 Å². The second-order valence-electron chi connectivity index (χ2n) is 4.17. The maximum Gasteiger partial charge on any atom is 0.183 e. The van der Waals surface area contributed by atoms with Gasteiger partial charge < -0.3 is 10.2 Å². The lowest BCUT2D eigenvalue weighted by Crippen LogP contribution is -1.97. The lowest BCUT2D eigenvalue weighted by atomic mass is 10.2. The molecule has 0 saturated heterocycles. The van der Waals surface area contributed by atoms with Gasteiger partial charge in [0.15, 0.2) is 10.9 Å². The first kappa shape index (κ1) is 16.7. The molecule has 5 nitrogen and oxygen atoms in total. The van der Waals surface area contributed by atoms with E-state index in [0.29, 0.717) is 25.6 Å². The van der Waals surface area contributed by atoms with E-state index in [0.717, 1.165) is 0 Å². The van der Waals surface area contributed by atoms with Crippen LogP contribution in [0.3, 0.4) is 0 Å². The van der Waals surface area contributed by atoms with E-state index in [9.17, 15) is 4.79 Å². The molecule has 0 amide bonds. The van der Waals surface area contributed by atoms with Crippen LogP contribution in [-0.4, -0.2) is 24.0 Å². The zero-order chi connectivity index (χ0) is 15.9. The van der Waals surface area contributed by atoms with E-state index in [4.69, 9.17) is 28.0 Å². The van der Waals surface area contributed by atoms with Crippen LogP contribution in [0.15, 0.2) is 29.6 Å². The second kappa shape index (κ2) is 8.12. The number of nitrogens with zero attached hydrogens (tertiary/aromatic N) is 2. The SMILES string of the molecule is CNc1ncc(C(=O)C/C=N/OCc2c(Cl)cccc2Cl)s1. The van der Waals surface area contributed by atoms with Crippen molar-refractivity contribution in [2.24, 2.45) is 5.16 Å². The molecule has 2 rings (SSSR count). The van der Waals surface area contributed by atoms with Gasteiger partial charge in [-0.1, -0.05) is 45.8 Å². The molecule has 1 aromatic heterocycles. The summed E-state index contributed by atoms with van der Waals surface area (Å²) in [5.74, 6) is -0.0675. The molecular weight excluding hydrogens is 345 g/mol. The highest BCUT2D eigenvalue weighted by Gasteiger charge is 2.09. The van der Waals surface area contributed by atoms with Crippen LogP contribution in [-0.2, 0) is 11.4 Å². The van der Waals surface area contributed by atoms with Crippen molar-refractivity contribution in [3.8, 4) is 0 Å². The number of hydrogen-bond acceptors (Lipinski definition) is 6. The van der Waals surface area contributed by atoms with E-state index in [2.05, 4.69) is 15.5 Å². The van der Waals surface area contributed by atoms with E-state index >= 15 is 0 Å². The number of rotatable bonds is 7. The Morgan fingerprint density at radius 3 is 2.82 bits per heavy atom. The normalized spacial score (nSPS) is 10.9. The van der Waals surface area contributed by atoms with Crippen molar-refractivity contribution in [1.29, 1.82) is 0 Å². The zero-order valence-electron chi connectivity index (χ0n) is 11.7. The maximum atomic E-state index is 11.9. The van der Waals surface area contributed by atoms with Crippen LogP contribution in [0.5, 0.6) is 0 Å². The molecule has 0 aliphatic rings. The van der Waals surface area contributed by atoms with Crippen LogP contribution in [0.4, 0.5) is 5.13 Å². The van der Waals surface area contributed by atoms with Crippen molar-refractivity contribution in [2.75, 3.05) is 12.4 Å². The monoisotopic (exact) mass is 357 g/mol. The van der Waals surface area contributed by atoms with Crippen LogP contribution in [0.1, 0.15) is 21.7 Å². The Kier molecular flexibility index (Phi) is 6.18. The van der Waals surface area contributed by atoms with Gasteiger partial charge in [-0.2, -0.15) is 0 Å². The van der Waals surface area contributed by atoms with Crippen molar-refractivity contribution in [1.82, 2.24) is 4.98 Å². The number of halogens is 2. The number of carbonyl (C=O) groups excluding carboxylic acids is 1. The maximum absolute atomic E-state index is 11.9. The fourth-order valence-corrected chi connectivity index (χ4v) is 2.79. The van der Waals surface area contributed by atoms with Gasteiger partial charge in [-0.05, 0) is 12.1 Å². The lowest BCUT2D eigenvalue weighted by Gasteiger charge is -2.04. The molecule has 0 aliphatic heterocycles. The van der Waals surface area contributed by atoms with Crippen molar-refractivity contribution < 1.29 is 9.63 Å². The molecule has 2 aromatic rings. The molecule has 0 fully saturated rings. The molecule has 0 saturated carbocycles. The third-order valence-electron chi connectivity index (χ3n) is 2.69. The highest BCUT2D eigenvalue weighted by atomic mass is 35.5. The number of carbonyl (C=O) groups is 1. The average molecular weight is 358 g/mol. The number of thiazole rings is 1. The molecule has 1 N–H and O–H groups in total. The molecule has 116 valence electrons. The Bertz CT molecular complexity index is 668. The summed E-state index contributed by atoms with van der Waals surface area (Å²) in [7, 11) is 1.75. The van der Waals surface area contributed by atoms with Gasteiger partial charge in [-0.15, -0.1) is 0 Å². The second-order valence-corrected chi connectivity index (χ2v) is 6.01. The molecule has 22 heavy (non-hydrogen) atoms. The highest BCUT2D eigenvalue weighted by Crippen LogP contribution is 2.24. The number of aromatic nitrogens is 1. The van der Waals surface area contributed by atoms with Gasteiger partial charge in [0.1, 0.15) is 6.61 Å². The number of nitrogens with one attached hydrogen (secondary N) is 1. The van der Waals surface area contributed by atoms with Gasteiger partial charge in [-0.25, -0.2) is 4.98 Å². The Morgan fingerprint density at radius 1 is 1.45 bits per heavy atom. The van der Waals surface area contributed by atoms with Crippen molar-refractivity contribution in [3.05, 3.63) is 44.9 Å². The summed E-state index contributed by atoms with van der Waals surface area (Å²) in [5, 5.41) is 8.36. The predicted octanol–water partition coefficient (Wildman–Crippen LogP) is 4.27. The third-order valence-corrected chi connectivity index (χ3v) is 4.45. The fourth-order valence-electron chi connectivity index (χ4n) is 1.56. The summed E-state index contributed by atoms with van der Waals surface area (Å²) >= 11 is 13.3. The van der Waals surface area contributed by atoms with Crippen LogP contribution in [0.2, 0.25) is 10.0 Å². The first-order chi connectivity index (χ1) is 10.6. The average Bonchev–Trinajstić information content (AvgIpc) is 2.98. The number of anilines is 1. The molecule has 0 aliphatic carbocycles. The molecule has 1 aromatic carbocycles. The molecule has 1 heterocycles. The van der Waals surface area contributed by atoms with E-state index in [-0.39, 0.29) is 18.8 Å². The predicted molar refractivity (Wildman–Crippen MR) is 90.4 cm³/mol. The third kappa shape index (κ3) is 4.43. The molecule has 0 unspecified atom stereocenters. The summed E-state index contributed by atoms with van der Waals surface area (Å²) in [5.41, 5.74) is 0.662. The summed E-state index contributed by atoms with van der Waals surface area (Å²) in [6.45, 7) is 0.146. The largest absolute Gasteiger partial charge is 0.391 e. The Hall–Kier alpha value is -1.63. The van der Waals surface area contributed by atoms with E-state index in [1.54, 1.807) is 25.2 Å². The molecule has 8 heteroatoms. The smallest absolute Gasteiger partial charge is 0.183 e. The van der Waals surface area contributed by atoms with Crippen molar-refractivity contribution in [3.63, 3.8) is 0 Å². The Balaban J connectivity index is 1.82. The van der Waals surface area contributed by atoms with Gasteiger partial charge in [-0.3, -0.25) is 4.79 Å². The first-order valence-electron chi connectivity index (χ1n) is 6.35. The number of Topliss-reactive ketones (excluding diaryl/α,β-unsaturated/α-hetero) is 1. The summed E-state index contributed by atoms with van der Waals surface area (Å²) in [6, 6.07) is 5.20. The lowest BCUT2D eigenvalue weighted by molar-refractivity contribution is 0.1000. The van der Waals surface area contributed by atoms with Crippen LogP contribution in [0.25, 0.3) is 0 Å². The number of benzene rings is 1. The Labute approximate surface area is 141 Å².